The standard InChI is InChI=1S/C13H26N2O4/c1-9(2)7-10(8-14)12(16)15-11(13(17)18)5-4-6-19-3/h9-11H,4-8,14H2,1-3H3,(H,15,16)(H,17,18). The lowest BCUT2D eigenvalue weighted by Gasteiger charge is -2.20. The Morgan fingerprint density at radius 1 is 1.37 bits per heavy atom. The number of nitrogens with one attached hydrogen (secondary N) is 1. The van der Waals surface area contributed by atoms with Gasteiger partial charge in [-0.15, -0.1) is 0 Å². The summed E-state index contributed by atoms with van der Waals surface area (Å²) in [5.41, 5.74) is 5.57. The topological polar surface area (TPSA) is 102 Å². The Labute approximate surface area is 114 Å². The number of nitrogens with two attached hydrogens (primary N) is 1. The van der Waals surface area contributed by atoms with Crippen LogP contribution in [0.2, 0.25) is 0 Å². The summed E-state index contributed by atoms with van der Waals surface area (Å²) in [6.45, 7) is 4.72. The normalized spacial score (nSPS) is 14.2. The highest BCUT2D eigenvalue weighted by Gasteiger charge is 2.24. The molecule has 0 bridgehead atoms. The molecule has 0 fully saturated rings. The van der Waals surface area contributed by atoms with Crippen LogP contribution in [0.1, 0.15) is 33.1 Å². The molecule has 0 aromatic rings. The van der Waals surface area contributed by atoms with Crippen LogP contribution in [0, 0.1) is 11.8 Å². The van der Waals surface area contributed by atoms with Gasteiger partial charge >= 0.3 is 5.97 Å². The van der Waals surface area contributed by atoms with Crippen LogP contribution < -0.4 is 11.1 Å². The van der Waals surface area contributed by atoms with E-state index in [2.05, 4.69) is 5.32 Å². The lowest BCUT2D eigenvalue weighted by atomic mass is 9.96. The molecule has 0 radical (unpaired) electrons. The maximum Gasteiger partial charge on any atom is 0.326 e. The van der Waals surface area contributed by atoms with Crippen molar-refractivity contribution >= 4 is 11.9 Å². The predicted molar refractivity (Wildman–Crippen MR) is 72.7 cm³/mol. The highest BCUT2D eigenvalue weighted by atomic mass is 16.5. The number of hydrogen-bond donors (Lipinski definition) is 3. The minimum absolute atomic E-state index is 0.231. The van der Waals surface area contributed by atoms with Gasteiger partial charge in [0.2, 0.25) is 5.91 Å². The zero-order valence-electron chi connectivity index (χ0n) is 12.0. The van der Waals surface area contributed by atoms with E-state index in [-0.39, 0.29) is 18.4 Å². The molecule has 0 rings (SSSR count). The third kappa shape index (κ3) is 7.79. The highest BCUT2D eigenvalue weighted by molar-refractivity contribution is 5.85. The van der Waals surface area contributed by atoms with E-state index >= 15 is 0 Å². The van der Waals surface area contributed by atoms with Gasteiger partial charge in [-0.1, -0.05) is 13.8 Å². The van der Waals surface area contributed by atoms with Crippen LogP contribution in [-0.2, 0) is 14.3 Å². The third-order valence-electron chi connectivity index (χ3n) is 2.87. The zero-order chi connectivity index (χ0) is 14.8. The second kappa shape index (κ2) is 9.75. The summed E-state index contributed by atoms with van der Waals surface area (Å²) in [6, 6.07) is -0.871. The van der Waals surface area contributed by atoms with E-state index in [1.165, 1.54) is 0 Å². The summed E-state index contributed by atoms with van der Waals surface area (Å²) < 4.78 is 4.87. The van der Waals surface area contributed by atoms with Crippen LogP contribution in [0.5, 0.6) is 0 Å². The molecule has 112 valence electrons. The molecular weight excluding hydrogens is 248 g/mol. The van der Waals surface area contributed by atoms with Gasteiger partial charge in [0.15, 0.2) is 0 Å². The molecule has 2 unspecified atom stereocenters. The number of aliphatic carboxylic acids is 1. The molecule has 0 aliphatic carbocycles. The van der Waals surface area contributed by atoms with Crippen molar-refractivity contribution in [3.63, 3.8) is 0 Å². The number of carbonyl (C=O) groups excluding carboxylic acids is 1. The molecule has 0 spiro atoms. The smallest absolute Gasteiger partial charge is 0.326 e. The van der Waals surface area contributed by atoms with E-state index in [1.54, 1.807) is 7.11 Å². The first-order valence-electron chi connectivity index (χ1n) is 6.64. The fourth-order valence-corrected chi connectivity index (χ4v) is 1.86. The van der Waals surface area contributed by atoms with Gasteiger partial charge in [-0.3, -0.25) is 4.79 Å². The molecule has 19 heavy (non-hydrogen) atoms. The molecule has 6 nitrogen and oxygen atoms in total. The number of carbonyl (C=O) groups is 2. The Kier molecular flexibility index (Phi) is 9.16. The average molecular weight is 274 g/mol. The fourth-order valence-electron chi connectivity index (χ4n) is 1.86. The van der Waals surface area contributed by atoms with Crippen LogP contribution in [0.15, 0.2) is 0 Å². The second-order valence-corrected chi connectivity index (χ2v) is 5.10. The first kappa shape index (κ1) is 17.9. The maximum absolute atomic E-state index is 12.0. The minimum atomic E-state index is -1.02. The summed E-state index contributed by atoms with van der Waals surface area (Å²) in [7, 11) is 1.56. The molecule has 0 saturated heterocycles. The molecule has 1 amide bonds. The summed E-state index contributed by atoms with van der Waals surface area (Å²) in [5, 5.41) is 11.6. The Bertz CT molecular complexity index is 282. The van der Waals surface area contributed by atoms with E-state index < -0.39 is 12.0 Å². The molecular formula is C13H26N2O4. The third-order valence-corrected chi connectivity index (χ3v) is 2.87. The number of ether oxygens (including phenoxy) is 1. The summed E-state index contributed by atoms with van der Waals surface area (Å²) in [6.07, 6.45) is 1.60. The first-order chi connectivity index (χ1) is 8.92. The quantitative estimate of drug-likeness (QED) is 0.506. The van der Waals surface area contributed by atoms with Crippen molar-refractivity contribution in [1.29, 1.82) is 0 Å². The van der Waals surface area contributed by atoms with Crippen molar-refractivity contribution < 1.29 is 19.4 Å². The molecule has 0 aromatic carbocycles. The van der Waals surface area contributed by atoms with Crippen molar-refractivity contribution in [2.45, 2.75) is 39.2 Å². The van der Waals surface area contributed by atoms with E-state index in [0.29, 0.717) is 31.8 Å². The van der Waals surface area contributed by atoms with Crippen molar-refractivity contribution in [3.8, 4) is 0 Å². The monoisotopic (exact) mass is 274 g/mol. The predicted octanol–water partition coefficient (Wildman–Crippen LogP) is 0.603. The van der Waals surface area contributed by atoms with Crippen molar-refractivity contribution in [1.82, 2.24) is 5.32 Å². The van der Waals surface area contributed by atoms with E-state index in [1.807, 2.05) is 13.8 Å². The van der Waals surface area contributed by atoms with Gasteiger partial charge < -0.3 is 20.9 Å². The van der Waals surface area contributed by atoms with Crippen LogP contribution >= 0.6 is 0 Å². The van der Waals surface area contributed by atoms with Crippen LogP contribution in [0.3, 0.4) is 0 Å². The van der Waals surface area contributed by atoms with Crippen molar-refractivity contribution in [2.24, 2.45) is 17.6 Å². The molecule has 2 atom stereocenters. The van der Waals surface area contributed by atoms with Gasteiger partial charge in [0.05, 0.1) is 5.92 Å². The van der Waals surface area contributed by atoms with Crippen LogP contribution in [0.4, 0.5) is 0 Å². The van der Waals surface area contributed by atoms with Crippen LogP contribution in [-0.4, -0.2) is 43.3 Å². The molecule has 0 heterocycles. The lowest BCUT2D eigenvalue weighted by molar-refractivity contribution is -0.142. The largest absolute Gasteiger partial charge is 0.480 e. The number of rotatable bonds is 10. The number of carboxylic acid groups (broad SMARTS) is 1. The van der Waals surface area contributed by atoms with Crippen LogP contribution in [0.25, 0.3) is 0 Å². The molecule has 0 aromatic heterocycles. The van der Waals surface area contributed by atoms with Gasteiger partial charge in [0.1, 0.15) is 6.04 Å². The highest BCUT2D eigenvalue weighted by Crippen LogP contribution is 2.11. The van der Waals surface area contributed by atoms with Gasteiger partial charge in [-0.2, -0.15) is 0 Å². The first-order valence-corrected chi connectivity index (χ1v) is 6.64. The minimum Gasteiger partial charge on any atom is -0.480 e. The van der Waals surface area contributed by atoms with Gasteiger partial charge in [0.25, 0.3) is 0 Å². The Morgan fingerprint density at radius 2 is 2.00 bits per heavy atom. The SMILES string of the molecule is COCCCC(NC(=O)C(CN)CC(C)C)C(=O)O. The van der Waals surface area contributed by atoms with Crippen molar-refractivity contribution in [2.75, 3.05) is 20.3 Å². The lowest BCUT2D eigenvalue weighted by Crippen LogP contribution is -2.45. The second-order valence-electron chi connectivity index (χ2n) is 5.10. The summed E-state index contributed by atoms with van der Waals surface area (Å²) in [4.78, 5) is 23.0. The average Bonchev–Trinajstić information content (AvgIpc) is 2.34. The number of amides is 1. The Balaban J connectivity index is 4.39. The van der Waals surface area contributed by atoms with Gasteiger partial charge in [0, 0.05) is 20.3 Å². The maximum atomic E-state index is 12.0. The Hall–Kier alpha value is -1.14. The summed E-state index contributed by atoms with van der Waals surface area (Å²) in [5.74, 6) is -1.29. The number of hydrogen-bond acceptors (Lipinski definition) is 4. The summed E-state index contributed by atoms with van der Waals surface area (Å²) >= 11 is 0. The van der Waals surface area contributed by atoms with E-state index in [0.717, 1.165) is 0 Å². The molecule has 6 heteroatoms. The number of methoxy groups -OCH3 is 1. The molecule has 4 N–H and O–H groups in total. The van der Waals surface area contributed by atoms with Gasteiger partial charge in [-0.05, 0) is 25.2 Å². The van der Waals surface area contributed by atoms with E-state index in [4.69, 9.17) is 15.6 Å². The fraction of sp³-hybridized carbons (Fsp3) is 0.846. The molecule has 0 aliphatic rings. The van der Waals surface area contributed by atoms with E-state index in [9.17, 15) is 9.59 Å². The number of carboxylic acids is 1. The molecule has 0 aliphatic heterocycles. The van der Waals surface area contributed by atoms with Gasteiger partial charge in [-0.25, -0.2) is 4.79 Å². The zero-order valence-corrected chi connectivity index (χ0v) is 12.0. The van der Waals surface area contributed by atoms with Crippen molar-refractivity contribution in [3.05, 3.63) is 0 Å². The molecule has 0 saturated carbocycles. The Morgan fingerprint density at radius 3 is 2.42 bits per heavy atom.